The number of amides is 1. The SMILES string of the molecule is CC(C(=O)Nc1ccc(OC(F)(F)F)cc1)N1CCN(c2ccc(C(F)(F)F)cn2)CC1. The second kappa shape index (κ2) is 9.23. The van der Waals surface area contributed by atoms with E-state index in [4.69, 9.17) is 0 Å². The number of nitrogens with one attached hydrogen (secondary N) is 1. The average molecular weight is 462 g/mol. The van der Waals surface area contributed by atoms with Crippen LogP contribution in [0.5, 0.6) is 5.75 Å². The molecule has 3 rings (SSSR count). The minimum Gasteiger partial charge on any atom is -0.406 e. The molecule has 2 aromatic rings. The highest BCUT2D eigenvalue weighted by molar-refractivity contribution is 5.94. The van der Waals surface area contributed by atoms with Crippen molar-refractivity contribution >= 4 is 17.4 Å². The number of rotatable bonds is 5. The Morgan fingerprint density at radius 2 is 1.62 bits per heavy atom. The third kappa shape index (κ3) is 6.25. The lowest BCUT2D eigenvalue weighted by Gasteiger charge is -2.38. The molecule has 2 heterocycles. The molecule has 1 aliphatic rings. The Balaban J connectivity index is 1.51. The molecular formula is C20H20F6N4O2. The number of hydrogen-bond donors (Lipinski definition) is 1. The lowest BCUT2D eigenvalue weighted by molar-refractivity contribution is -0.274. The van der Waals surface area contributed by atoms with Crippen LogP contribution in [0.15, 0.2) is 42.6 Å². The van der Waals surface area contributed by atoms with Crippen molar-refractivity contribution in [3.8, 4) is 5.75 Å². The van der Waals surface area contributed by atoms with E-state index in [0.717, 1.165) is 24.4 Å². The summed E-state index contributed by atoms with van der Waals surface area (Å²) in [6, 6.07) is 6.59. The standard InChI is InChI=1S/C20H20F6N4O2/c1-13(18(31)28-15-3-5-16(6-4-15)32-20(24,25)26)29-8-10-30(11-9-29)17-7-2-14(12-27-17)19(21,22)23/h2-7,12-13H,8-11H2,1H3,(H,28,31). The maximum absolute atomic E-state index is 12.7. The molecule has 1 aromatic carbocycles. The molecule has 32 heavy (non-hydrogen) atoms. The van der Waals surface area contributed by atoms with E-state index in [9.17, 15) is 31.1 Å². The van der Waals surface area contributed by atoms with Gasteiger partial charge in [0.15, 0.2) is 0 Å². The van der Waals surface area contributed by atoms with Crippen LogP contribution < -0.4 is 15.0 Å². The molecule has 1 atom stereocenters. The molecule has 0 radical (unpaired) electrons. The molecule has 0 spiro atoms. The van der Waals surface area contributed by atoms with Crippen LogP contribution in [0.4, 0.5) is 37.8 Å². The summed E-state index contributed by atoms with van der Waals surface area (Å²) < 4.78 is 78.4. The molecule has 1 unspecified atom stereocenters. The van der Waals surface area contributed by atoms with E-state index < -0.39 is 29.9 Å². The molecule has 0 bridgehead atoms. The van der Waals surface area contributed by atoms with Gasteiger partial charge in [0.1, 0.15) is 11.6 Å². The van der Waals surface area contributed by atoms with Crippen molar-refractivity contribution in [2.45, 2.75) is 25.5 Å². The first-order valence-electron chi connectivity index (χ1n) is 9.61. The van der Waals surface area contributed by atoms with Crippen LogP contribution in [0, 0.1) is 0 Å². The lowest BCUT2D eigenvalue weighted by atomic mass is 10.2. The Labute approximate surface area is 179 Å². The highest BCUT2D eigenvalue weighted by atomic mass is 19.4. The molecule has 174 valence electrons. The minimum absolute atomic E-state index is 0.323. The molecule has 12 heteroatoms. The van der Waals surface area contributed by atoms with Crippen LogP contribution in [-0.4, -0.2) is 54.4 Å². The third-order valence-electron chi connectivity index (χ3n) is 5.00. The summed E-state index contributed by atoms with van der Waals surface area (Å²) >= 11 is 0. The van der Waals surface area contributed by atoms with Crippen molar-refractivity contribution in [1.29, 1.82) is 0 Å². The summed E-state index contributed by atoms with van der Waals surface area (Å²) in [6.07, 6.45) is -8.45. The van der Waals surface area contributed by atoms with Gasteiger partial charge in [-0.2, -0.15) is 13.2 Å². The van der Waals surface area contributed by atoms with Crippen molar-refractivity contribution < 1.29 is 35.9 Å². The van der Waals surface area contributed by atoms with E-state index in [1.165, 1.54) is 18.2 Å². The summed E-state index contributed by atoms with van der Waals surface area (Å²) in [5.74, 6) is -0.303. The normalized spacial score (nSPS) is 16.5. The van der Waals surface area contributed by atoms with Crippen molar-refractivity contribution in [1.82, 2.24) is 9.88 Å². The van der Waals surface area contributed by atoms with Gasteiger partial charge in [-0.1, -0.05) is 0 Å². The van der Waals surface area contributed by atoms with Crippen molar-refractivity contribution in [2.24, 2.45) is 0 Å². The van der Waals surface area contributed by atoms with Crippen LogP contribution in [0.2, 0.25) is 0 Å². The van der Waals surface area contributed by atoms with Gasteiger partial charge < -0.3 is 15.0 Å². The number of anilines is 2. The van der Waals surface area contributed by atoms with Crippen molar-refractivity contribution in [3.05, 3.63) is 48.2 Å². The quantitative estimate of drug-likeness (QED) is 0.677. The zero-order valence-corrected chi connectivity index (χ0v) is 16.9. The number of carbonyl (C=O) groups excluding carboxylic acids is 1. The number of pyridine rings is 1. The van der Waals surface area contributed by atoms with E-state index in [1.807, 2.05) is 9.80 Å². The zero-order chi connectivity index (χ0) is 23.5. The number of benzene rings is 1. The number of hydrogen-bond acceptors (Lipinski definition) is 5. The highest BCUT2D eigenvalue weighted by Crippen LogP contribution is 2.29. The number of piperazine rings is 1. The van der Waals surface area contributed by atoms with Gasteiger partial charge in [0, 0.05) is 38.1 Å². The van der Waals surface area contributed by atoms with Gasteiger partial charge in [0.25, 0.3) is 0 Å². The largest absolute Gasteiger partial charge is 0.573 e. The number of alkyl halides is 6. The molecule has 0 aliphatic carbocycles. The van der Waals surface area contributed by atoms with Gasteiger partial charge in [0.05, 0.1) is 11.6 Å². The first-order chi connectivity index (χ1) is 14.9. The Hall–Kier alpha value is -3.02. The van der Waals surface area contributed by atoms with Gasteiger partial charge in [0.2, 0.25) is 5.91 Å². The summed E-state index contributed by atoms with van der Waals surface area (Å²) in [5.41, 5.74) is -0.493. The second-order valence-electron chi connectivity index (χ2n) is 7.16. The fraction of sp³-hybridized carbons (Fsp3) is 0.400. The number of ether oxygens (including phenoxy) is 1. The molecule has 1 saturated heterocycles. The van der Waals surface area contributed by atoms with E-state index in [1.54, 1.807) is 6.92 Å². The Morgan fingerprint density at radius 1 is 1.00 bits per heavy atom. The molecular weight excluding hydrogens is 442 g/mol. The highest BCUT2D eigenvalue weighted by Gasteiger charge is 2.32. The van der Waals surface area contributed by atoms with Crippen molar-refractivity contribution in [2.75, 3.05) is 36.4 Å². The number of halogens is 6. The summed E-state index contributed by atoms with van der Waals surface area (Å²) in [6.45, 7) is 3.60. The van der Waals surface area contributed by atoms with Gasteiger partial charge in [-0.25, -0.2) is 4.98 Å². The predicted molar refractivity (Wildman–Crippen MR) is 104 cm³/mol. The first-order valence-corrected chi connectivity index (χ1v) is 9.61. The fourth-order valence-electron chi connectivity index (χ4n) is 3.23. The monoisotopic (exact) mass is 462 g/mol. The van der Waals surface area contributed by atoms with Crippen LogP contribution in [-0.2, 0) is 11.0 Å². The van der Waals surface area contributed by atoms with Crippen LogP contribution in [0.25, 0.3) is 0 Å². The van der Waals surface area contributed by atoms with Crippen LogP contribution in [0.3, 0.4) is 0 Å². The molecule has 1 aromatic heterocycles. The minimum atomic E-state index is -4.79. The predicted octanol–water partition coefficient (Wildman–Crippen LogP) is 4.15. The molecule has 1 amide bonds. The number of carbonyl (C=O) groups is 1. The van der Waals surface area contributed by atoms with E-state index in [-0.39, 0.29) is 5.91 Å². The van der Waals surface area contributed by atoms with Crippen LogP contribution in [0.1, 0.15) is 12.5 Å². The zero-order valence-electron chi connectivity index (χ0n) is 16.9. The third-order valence-corrected chi connectivity index (χ3v) is 5.00. The van der Waals surface area contributed by atoms with Gasteiger partial charge in [-0.15, -0.1) is 13.2 Å². The van der Waals surface area contributed by atoms with Crippen LogP contribution >= 0.6 is 0 Å². The van der Waals surface area contributed by atoms with Crippen molar-refractivity contribution in [3.63, 3.8) is 0 Å². The van der Waals surface area contributed by atoms with Gasteiger partial charge >= 0.3 is 12.5 Å². The molecule has 6 nitrogen and oxygen atoms in total. The summed E-state index contributed by atoms with van der Waals surface area (Å²) in [4.78, 5) is 20.1. The lowest BCUT2D eigenvalue weighted by Crippen LogP contribution is -2.53. The average Bonchev–Trinajstić information content (AvgIpc) is 2.73. The first kappa shape index (κ1) is 23.6. The molecule has 0 saturated carbocycles. The number of aromatic nitrogens is 1. The van der Waals surface area contributed by atoms with E-state index in [2.05, 4.69) is 15.0 Å². The molecule has 1 N–H and O–H groups in total. The topological polar surface area (TPSA) is 57.7 Å². The maximum atomic E-state index is 12.7. The smallest absolute Gasteiger partial charge is 0.406 e. The summed E-state index contributed by atoms with van der Waals surface area (Å²) in [7, 11) is 0. The van der Waals surface area contributed by atoms with Gasteiger partial charge in [-0.3, -0.25) is 9.69 Å². The van der Waals surface area contributed by atoms with E-state index in [0.29, 0.717) is 37.7 Å². The second-order valence-corrected chi connectivity index (χ2v) is 7.16. The Kier molecular flexibility index (Phi) is 6.82. The number of nitrogens with zero attached hydrogens (tertiary/aromatic N) is 3. The fourth-order valence-corrected chi connectivity index (χ4v) is 3.23. The van der Waals surface area contributed by atoms with Gasteiger partial charge in [-0.05, 0) is 43.3 Å². The Morgan fingerprint density at radius 3 is 2.12 bits per heavy atom. The van der Waals surface area contributed by atoms with E-state index >= 15 is 0 Å². The summed E-state index contributed by atoms with van der Waals surface area (Å²) in [5, 5.41) is 2.64. The maximum Gasteiger partial charge on any atom is 0.573 e. The Bertz CT molecular complexity index is 908. The molecule has 1 fully saturated rings. The molecule has 1 aliphatic heterocycles.